The Morgan fingerprint density at radius 2 is 1.86 bits per heavy atom. The number of thioether (sulfide) groups is 1. The minimum absolute atomic E-state index is 0.152. The first-order valence-electron chi connectivity index (χ1n) is 7.32. The molecule has 0 bridgehead atoms. The lowest BCUT2D eigenvalue weighted by molar-refractivity contribution is -0.128. The normalized spacial score (nSPS) is 15.6. The number of aromatic carboxylic acids is 1. The molecule has 1 amide bonds. The minimum Gasteiger partial charge on any atom is -0.478 e. The van der Waals surface area contributed by atoms with E-state index in [1.807, 2.05) is 11.0 Å². The van der Waals surface area contributed by atoms with Crippen LogP contribution in [0.25, 0.3) is 0 Å². The summed E-state index contributed by atoms with van der Waals surface area (Å²) in [6.45, 7) is 3.49. The Kier molecular flexibility index (Phi) is 5.67. The summed E-state index contributed by atoms with van der Waals surface area (Å²) >= 11 is 1.41. The van der Waals surface area contributed by atoms with Gasteiger partial charge in [0.2, 0.25) is 5.91 Å². The van der Waals surface area contributed by atoms with Crippen molar-refractivity contribution in [1.82, 2.24) is 4.90 Å². The molecule has 1 aromatic carbocycles. The second-order valence-corrected chi connectivity index (χ2v) is 6.41. The third-order valence-corrected chi connectivity index (χ3v) is 4.74. The predicted octanol–water partition coefficient (Wildman–Crippen LogP) is 3.19. The maximum absolute atomic E-state index is 12.2. The molecule has 2 rings (SSSR count). The minimum atomic E-state index is -0.922. The van der Waals surface area contributed by atoms with Crippen LogP contribution < -0.4 is 0 Å². The molecule has 1 saturated heterocycles. The van der Waals surface area contributed by atoms with Gasteiger partial charge in [-0.15, -0.1) is 11.8 Å². The van der Waals surface area contributed by atoms with Crippen LogP contribution in [0.1, 0.15) is 41.6 Å². The van der Waals surface area contributed by atoms with Crippen molar-refractivity contribution in [3.8, 4) is 0 Å². The Balaban J connectivity index is 1.94. The van der Waals surface area contributed by atoms with Gasteiger partial charge in [0.15, 0.2) is 0 Å². The maximum atomic E-state index is 12.2. The lowest BCUT2D eigenvalue weighted by Gasteiger charge is -2.20. The van der Waals surface area contributed by atoms with E-state index in [2.05, 4.69) is 0 Å². The summed E-state index contributed by atoms with van der Waals surface area (Å²) in [5, 5.41) is 9.12. The highest BCUT2D eigenvalue weighted by atomic mass is 32.2. The van der Waals surface area contributed by atoms with Gasteiger partial charge in [0, 0.05) is 18.0 Å². The van der Waals surface area contributed by atoms with Gasteiger partial charge in [-0.25, -0.2) is 4.79 Å². The predicted molar refractivity (Wildman–Crippen MR) is 83.9 cm³/mol. The molecule has 5 heteroatoms. The first kappa shape index (κ1) is 15.9. The number of carboxylic acid groups (broad SMARTS) is 1. The van der Waals surface area contributed by atoms with Crippen LogP contribution in [0.4, 0.5) is 0 Å². The molecule has 1 aromatic rings. The Morgan fingerprint density at radius 3 is 2.48 bits per heavy atom. The Morgan fingerprint density at radius 1 is 1.19 bits per heavy atom. The van der Waals surface area contributed by atoms with E-state index in [9.17, 15) is 9.59 Å². The van der Waals surface area contributed by atoms with E-state index in [-0.39, 0.29) is 5.91 Å². The Hall–Kier alpha value is -1.49. The SMILES string of the molecule is Cc1ccc(SCC(=O)N2CCCCCC2)cc1C(=O)O. The third kappa shape index (κ3) is 4.49. The molecule has 1 heterocycles. The van der Waals surface area contributed by atoms with Crippen LogP contribution in [0.15, 0.2) is 23.1 Å². The van der Waals surface area contributed by atoms with E-state index in [1.54, 1.807) is 19.1 Å². The smallest absolute Gasteiger partial charge is 0.335 e. The molecule has 0 spiro atoms. The van der Waals surface area contributed by atoms with E-state index in [0.29, 0.717) is 11.3 Å². The van der Waals surface area contributed by atoms with Crippen LogP contribution in [0.2, 0.25) is 0 Å². The monoisotopic (exact) mass is 307 g/mol. The van der Waals surface area contributed by atoms with Crippen LogP contribution in [-0.2, 0) is 4.79 Å². The number of likely N-dealkylation sites (tertiary alicyclic amines) is 1. The van der Waals surface area contributed by atoms with E-state index < -0.39 is 5.97 Å². The summed E-state index contributed by atoms with van der Waals surface area (Å²) < 4.78 is 0. The average molecular weight is 307 g/mol. The van der Waals surface area contributed by atoms with Gasteiger partial charge in [0.1, 0.15) is 0 Å². The van der Waals surface area contributed by atoms with Gasteiger partial charge >= 0.3 is 5.97 Å². The first-order chi connectivity index (χ1) is 10.1. The topological polar surface area (TPSA) is 57.6 Å². The molecular formula is C16H21NO3S. The molecule has 0 unspecified atom stereocenters. The Labute approximate surface area is 129 Å². The maximum Gasteiger partial charge on any atom is 0.335 e. The van der Waals surface area contributed by atoms with Crippen molar-refractivity contribution in [3.05, 3.63) is 29.3 Å². The zero-order chi connectivity index (χ0) is 15.2. The first-order valence-corrected chi connectivity index (χ1v) is 8.31. The molecule has 1 aliphatic heterocycles. The highest BCUT2D eigenvalue weighted by Gasteiger charge is 2.16. The highest BCUT2D eigenvalue weighted by Crippen LogP contribution is 2.22. The van der Waals surface area contributed by atoms with Crippen molar-refractivity contribution in [1.29, 1.82) is 0 Å². The molecule has 114 valence electrons. The average Bonchev–Trinajstić information content (AvgIpc) is 2.75. The fourth-order valence-electron chi connectivity index (χ4n) is 2.48. The summed E-state index contributed by atoms with van der Waals surface area (Å²) in [7, 11) is 0. The number of benzene rings is 1. The van der Waals surface area contributed by atoms with Gasteiger partial charge in [0.25, 0.3) is 0 Å². The molecule has 1 aliphatic rings. The number of nitrogens with zero attached hydrogens (tertiary/aromatic N) is 1. The number of hydrogen-bond donors (Lipinski definition) is 1. The second kappa shape index (κ2) is 7.50. The number of rotatable bonds is 4. The summed E-state index contributed by atoms with van der Waals surface area (Å²) in [6, 6.07) is 5.32. The van der Waals surface area contributed by atoms with Gasteiger partial charge in [-0.1, -0.05) is 18.9 Å². The van der Waals surface area contributed by atoms with Crippen molar-refractivity contribution >= 4 is 23.6 Å². The van der Waals surface area contributed by atoms with Crippen molar-refractivity contribution in [2.75, 3.05) is 18.8 Å². The zero-order valence-electron chi connectivity index (χ0n) is 12.3. The van der Waals surface area contributed by atoms with Gasteiger partial charge in [-0.3, -0.25) is 4.79 Å². The summed E-state index contributed by atoms with van der Waals surface area (Å²) in [6.07, 6.45) is 4.59. The molecule has 1 fully saturated rings. The Bertz CT molecular complexity index is 522. The van der Waals surface area contributed by atoms with Crippen molar-refractivity contribution in [3.63, 3.8) is 0 Å². The molecule has 21 heavy (non-hydrogen) atoms. The van der Waals surface area contributed by atoms with Crippen LogP contribution in [-0.4, -0.2) is 40.7 Å². The molecule has 0 aromatic heterocycles. The molecule has 0 atom stereocenters. The van der Waals surface area contributed by atoms with E-state index in [0.717, 1.165) is 36.4 Å². The molecule has 1 N–H and O–H groups in total. The molecule has 4 nitrogen and oxygen atoms in total. The number of carbonyl (C=O) groups is 2. The van der Waals surface area contributed by atoms with E-state index >= 15 is 0 Å². The van der Waals surface area contributed by atoms with Gasteiger partial charge in [-0.05, 0) is 37.5 Å². The summed E-state index contributed by atoms with van der Waals surface area (Å²) in [5.74, 6) is -0.393. The number of aryl methyl sites for hydroxylation is 1. The van der Waals surface area contributed by atoms with Crippen LogP contribution >= 0.6 is 11.8 Å². The standard InChI is InChI=1S/C16H21NO3S/c1-12-6-7-13(10-14(12)16(19)20)21-11-15(18)17-8-4-2-3-5-9-17/h6-7,10H,2-5,8-9,11H2,1H3,(H,19,20). The van der Waals surface area contributed by atoms with Crippen molar-refractivity contribution in [2.24, 2.45) is 0 Å². The van der Waals surface area contributed by atoms with Crippen molar-refractivity contribution in [2.45, 2.75) is 37.5 Å². The van der Waals surface area contributed by atoms with Gasteiger partial charge < -0.3 is 10.0 Å². The quantitative estimate of drug-likeness (QED) is 0.868. The zero-order valence-corrected chi connectivity index (χ0v) is 13.1. The number of hydrogen-bond acceptors (Lipinski definition) is 3. The van der Waals surface area contributed by atoms with Crippen LogP contribution in [0.5, 0.6) is 0 Å². The lowest BCUT2D eigenvalue weighted by atomic mass is 10.1. The fourth-order valence-corrected chi connectivity index (χ4v) is 3.32. The van der Waals surface area contributed by atoms with Crippen molar-refractivity contribution < 1.29 is 14.7 Å². The second-order valence-electron chi connectivity index (χ2n) is 5.37. The number of amides is 1. The summed E-state index contributed by atoms with van der Waals surface area (Å²) in [5.41, 5.74) is 1.05. The number of carboxylic acids is 1. The summed E-state index contributed by atoms with van der Waals surface area (Å²) in [4.78, 5) is 26.1. The molecule has 0 aliphatic carbocycles. The van der Waals surface area contributed by atoms with E-state index in [1.165, 1.54) is 24.6 Å². The van der Waals surface area contributed by atoms with Gasteiger partial charge in [-0.2, -0.15) is 0 Å². The highest BCUT2D eigenvalue weighted by molar-refractivity contribution is 8.00. The molecular weight excluding hydrogens is 286 g/mol. The van der Waals surface area contributed by atoms with Gasteiger partial charge in [0.05, 0.1) is 11.3 Å². The molecule has 0 radical (unpaired) electrons. The van der Waals surface area contributed by atoms with Crippen LogP contribution in [0, 0.1) is 6.92 Å². The van der Waals surface area contributed by atoms with E-state index in [4.69, 9.17) is 5.11 Å². The fraction of sp³-hybridized carbons (Fsp3) is 0.500. The lowest BCUT2D eigenvalue weighted by Crippen LogP contribution is -2.33. The molecule has 0 saturated carbocycles. The largest absolute Gasteiger partial charge is 0.478 e. The third-order valence-electron chi connectivity index (χ3n) is 3.76. The number of carbonyl (C=O) groups excluding carboxylic acids is 1. The van der Waals surface area contributed by atoms with Crippen LogP contribution in [0.3, 0.4) is 0 Å².